The quantitative estimate of drug-likeness (QED) is 0.124. The zero-order valence-electron chi connectivity index (χ0n) is 31.2. The normalized spacial score (nSPS) is 10.6. The van der Waals surface area contributed by atoms with Gasteiger partial charge in [0, 0.05) is 43.9 Å². The van der Waals surface area contributed by atoms with E-state index in [2.05, 4.69) is 42.7 Å². The number of carbonyl (C=O) groups excluding carboxylic acids is 1. The van der Waals surface area contributed by atoms with E-state index in [-0.39, 0.29) is 5.97 Å². The Morgan fingerprint density at radius 1 is 0.717 bits per heavy atom. The molecule has 4 aromatic heterocycles. The zero-order valence-corrected chi connectivity index (χ0v) is 32.8. The monoisotopic (exact) mass is 748 g/mol. The van der Waals surface area contributed by atoms with Gasteiger partial charge in [0.2, 0.25) is 0 Å². The molecule has 2 aromatic carbocycles. The van der Waals surface area contributed by atoms with Gasteiger partial charge >= 0.3 is 5.97 Å². The molecule has 6 aromatic rings. The molecular weight excluding hydrogens is 709 g/mol. The van der Waals surface area contributed by atoms with Crippen molar-refractivity contribution in [1.82, 2.24) is 19.9 Å². The maximum atomic E-state index is 11.6. The molecule has 0 fully saturated rings. The van der Waals surface area contributed by atoms with Gasteiger partial charge in [-0.2, -0.15) is 10.5 Å². The first kappa shape index (κ1) is 38.4. The Hall–Kier alpha value is -5.83. The topological polar surface area (TPSA) is 150 Å². The second kappa shape index (κ2) is 16.7. The number of ether oxygens (including phenoxy) is 3. The standard InChI is InChI=1S/C20H20N4O2S.C19H20N4O2S/c1-5-24(6-2)18-16-12(3)15(11-21)27-19(16)23-17(22-18)13-7-9-14(10-8-13)20(25)26-4;1-6-23(3)18-16-11(2)15(10-20)26-19(16)22-17(21-18)12-7-13(24-4)9-14(8-12)25-5/h7-10H,5-6H2,1-4H3;7-9H,6H2,1-5H3. The lowest BCUT2D eigenvalue weighted by atomic mass is 10.1. The van der Waals surface area contributed by atoms with E-state index < -0.39 is 0 Å². The van der Waals surface area contributed by atoms with Crippen LogP contribution < -0.4 is 19.3 Å². The molecule has 0 spiro atoms. The van der Waals surface area contributed by atoms with Crippen LogP contribution in [0, 0.1) is 36.5 Å². The second-order valence-electron chi connectivity index (χ2n) is 11.8. The van der Waals surface area contributed by atoms with Crippen LogP contribution in [0.15, 0.2) is 42.5 Å². The van der Waals surface area contributed by atoms with E-state index in [1.165, 1.54) is 29.8 Å². The molecule has 6 rings (SSSR count). The Morgan fingerprint density at radius 2 is 1.21 bits per heavy atom. The Morgan fingerprint density at radius 3 is 1.66 bits per heavy atom. The summed E-state index contributed by atoms with van der Waals surface area (Å²) in [5.41, 5.74) is 3.94. The van der Waals surface area contributed by atoms with Crippen molar-refractivity contribution in [1.29, 1.82) is 10.5 Å². The Balaban J connectivity index is 0.000000204. The van der Waals surface area contributed by atoms with Crippen LogP contribution in [0.2, 0.25) is 0 Å². The minimum atomic E-state index is -0.380. The molecule has 0 unspecified atom stereocenters. The van der Waals surface area contributed by atoms with Crippen LogP contribution >= 0.6 is 22.7 Å². The van der Waals surface area contributed by atoms with Crippen LogP contribution in [0.4, 0.5) is 11.6 Å². The number of benzene rings is 2. The van der Waals surface area contributed by atoms with Gasteiger partial charge in [0.15, 0.2) is 11.6 Å². The van der Waals surface area contributed by atoms with Gasteiger partial charge in [0.05, 0.1) is 37.7 Å². The third-order valence-electron chi connectivity index (χ3n) is 8.82. The molecule has 4 heterocycles. The fourth-order valence-corrected chi connectivity index (χ4v) is 7.64. The number of aromatic nitrogens is 4. The predicted octanol–water partition coefficient (Wildman–Crippen LogP) is 8.18. The first-order chi connectivity index (χ1) is 25.5. The van der Waals surface area contributed by atoms with E-state index in [1.807, 2.05) is 51.2 Å². The van der Waals surface area contributed by atoms with Crippen LogP contribution in [0.3, 0.4) is 0 Å². The highest BCUT2D eigenvalue weighted by Gasteiger charge is 2.21. The van der Waals surface area contributed by atoms with Crippen LogP contribution in [-0.4, -0.2) is 73.9 Å². The minimum absolute atomic E-state index is 0.380. The molecule has 0 bridgehead atoms. The van der Waals surface area contributed by atoms with Gasteiger partial charge in [-0.1, -0.05) is 12.1 Å². The molecule has 0 atom stereocenters. The number of methoxy groups -OCH3 is 3. The van der Waals surface area contributed by atoms with Crippen molar-refractivity contribution < 1.29 is 19.0 Å². The van der Waals surface area contributed by atoms with Gasteiger partial charge in [-0.3, -0.25) is 0 Å². The largest absolute Gasteiger partial charge is 0.497 e. The van der Waals surface area contributed by atoms with Crippen molar-refractivity contribution in [3.05, 3.63) is 68.9 Å². The fraction of sp³-hybridized carbons (Fsp3) is 0.308. The van der Waals surface area contributed by atoms with Crippen molar-refractivity contribution in [2.75, 3.05) is 57.8 Å². The minimum Gasteiger partial charge on any atom is -0.497 e. The number of carbonyl (C=O) groups is 1. The summed E-state index contributed by atoms with van der Waals surface area (Å²) in [5, 5.41) is 20.7. The molecule has 0 saturated heterocycles. The zero-order chi connectivity index (χ0) is 38.4. The molecule has 53 heavy (non-hydrogen) atoms. The van der Waals surface area contributed by atoms with Gasteiger partial charge in [-0.25, -0.2) is 24.7 Å². The van der Waals surface area contributed by atoms with Gasteiger partial charge in [-0.15, -0.1) is 22.7 Å². The van der Waals surface area contributed by atoms with Gasteiger partial charge in [-0.05, 0) is 70.0 Å². The van der Waals surface area contributed by atoms with E-state index in [0.29, 0.717) is 38.5 Å². The lowest BCUT2D eigenvalue weighted by molar-refractivity contribution is 0.0600. The highest BCUT2D eigenvalue weighted by Crippen LogP contribution is 2.39. The number of rotatable bonds is 10. The molecule has 0 amide bonds. The number of hydrogen-bond acceptors (Lipinski definition) is 14. The lowest BCUT2D eigenvalue weighted by Crippen LogP contribution is -2.23. The Labute approximate surface area is 316 Å². The van der Waals surface area contributed by atoms with E-state index in [4.69, 9.17) is 34.1 Å². The Kier molecular flexibility index (Phi) is 12.1. The number of nitrogens with zero attached hydrogens (tertiary/aromatic N) is 8. The molecule has 0 N–H and O–H groups in total. The SMILES string of the molecule is CCN(C)c1nc(-c2cc(OC)cc(OC)c2)nc2sc(C#N)c(C)c12.CCN(CC)c1nc(-c2ccc(C(=O)OC)cc2)nc2sc(C#N)c(C)c12. The number of hydrogen-bond donors (Lipinski definition) is 0. The number of anilines is 2. The summed E-state index contributed by atoms with van der Waals surface area (Å²) >= 11 is 2.78. The lowest BCUT2D eigenvalue weighted by Gasteiger charge is -2.21. The first-order valence-electron chi connectivity index (χ1n) is 16.9. The molecule has 0 aliphatic heterocycles. The molecule has 14 heteroatoms. The smallest absolute Gasteiger partial charge is 0.337 e. The van der Waals surface area contributed by atoms with Crippen LogP contribution in [0.25, 0.3) is 43.2 Å². The summed E-state index contributed by atoms with van der Waals surface area (Å²) in [6.45, 7) is 12.5. The highest BCUT2D eigenvalue weighted by atomic mass is 32.1. The van der Waals surface area contributed by atoms with Gasteiger partial charge in [0.25, 0.3) is 0 Å². The summed E-state index contributed by atoms with van der Waals surface area (Å²) in [6, 6.07) is 17.1. The number of aryl methyl sites for hydroxylation is 2. The summed E-state index contributed by atoms with van der Waals surface area (Å²) in [7, 11) is 6.57. The van der Waals surface area contributed by atoms with E-state index >= 15 is 0 Å². The Bertz CT molecular complexity index is 2350. The average Bonchev–Trinajstić information content (AvgIpc) is 3.71. The van der Waals surface area contributed by atoms with E-state index in [9.17, 15) is 15.3 Å². The second-order valence-corrected chi connectivity index (χ2v) is 13.8. The number of fused-ring (bicyclic) bond motifs is 2. The van der Waals surface area contributed by atoms with Crippen molar-refractivity contribution in [3.63, 3.8) is 0 Å². The predicted molar refractivity (Wildman–Crippen MR) is 212 cm³/mol. The molecule has 272 valence electrons. The molecule has 0 saturated carbocycles. The van der Waals surface area contributed by atoms with Crippen LogP contribution in [-0.2, 0) is 4.74 Å². The molecular formula is C39H40N8O4S2. The number of nitriles is 2. The maximum Gasteiger partial charge on any atom is 0.337 e. The van der Waals surface area contributed by atoms with Gasteiger partial charge in [0.1, 0.15) is 54.7 Å². The summed E-state index contributed by atoms with van der Waals surface area (Å²) < 4.78 is 15.5. The fourth-order valence-electron chi connectivity index (χ4n) is 5.69. The average molecular weight is 749 g/mol. The number of thiophene rings is 2. The third kappa shape index (κ3) is 7.70. The molecule has 0 radical (unpaired) electrons. The van der Waals surface area contributed by atoms with Crippen LogP contribution in [0.1, 0.15) is 52.0 Å². The van der Waals surface area contributed by atoms with Gasteiger partial charge < -0.3 is 24.0 Å². The summed E-state index contributed by atoms with van der Waals surface area (Å²) in [4.78, 5) is 37.8. The maximum absolute atomic E-state index is 11.6. The summed E-state index contributed by atoms with van der Waals surface area (Å²) in [6.07, 6.45) is 0. The first-order valence-corrected chi connectivity index (χ1v) is 18.5. The summed E-state index contributed by atoms with van der Waals surface area (Å²) in [5.74, 6) is 3.79. The van der Waals surface area contributed by atoms with Crippen molar-refractivity contribution in [2.45, 2.75) is 34.6 Å². The highest BCUT2D eigenvalue weighted by molar-refractivity contribution is 7.19. The number of esters is 1. The molecule has 12 nitrogen and oxygen atoms in total. The molecule has 0 aliphatic rings. The van der Waals surface area contributed by atoms with E-state index in [1.54, 1.807) is 26.4 Å². The van der Waals surface area contributed by atoms with Crippen molar-refractivity contribution >= 4 is 60.7 Å². The molecule has 0 aliphatic carbocycles. The van der Waals surface area contributed by atoms with Crippen LogP contribution in [0.5, 0.6) is 11.5 Å². The van der Waals surface area contributed by atoms with E-state index in [0.717, 1.165) is 74.0 Å². The van der Waals surface area contributed by atoms with Crippen molar-refractivity contribution in [2.24, 2.45) is 0 Å². The van der Waals surface area contributed by atoms with Crippen molar-refractivity contribution in [3.8, 4) is 46.4 Å². The third-order valence-corrected chi connectivity index (χ3v) is 11.0.